The number of nitrogens with zero attached hydrogens (tertiary/aromatic N) is 3. The Morgan fingerprint density at radius 3 is 2.38 bits per heavy atom. The summed E-state index contributed by atoms with van der Waals surface area (Å²) in [5.74, 6) is 0.818. The predicted octanol–water partition coefficient (Wildman–Crippen LogP) is 3.01. The zero-order chi connectivity index (χ0) is 17.5. The van der Waals surface area contributed by atoms with E-state index in [4.69, 9.17) is 14.2 Å². The van der Waals surface area contributed by atoms with Gasteiger partial charge >= 0.3 is 0 Å². The van der Waals surface area contributed by atoms with Gasteiger partial charge in [0.1, 0.15) is 12.4 Å². The van der Waals surface area contributed by atoms with E-state index in [1.54, 1.807) is 0 Å². The summed E-state index contributed by atoms with van der Waals surface area (Å²) in [6.07, 6.45) is 6.81. The minimum Gasteiger partial charge on any atom is -0.377 e. The van der Waals surface area contributed by atoms with Gasteiger partial charge < -0.3 is 14.2 Å². The van der Waals surface area contributed by atoms with Gasteiger partial charge in [-0.2, -0.15) is 0 Å². The van der Waals surface area contributed by atoms with Gasteiger partial charge in [-0.05, 0) is 18.8 Å². The molecule has 1 aromatic heterocycles. The normalized spacial score (nSPS) is 11.5. The molecule has 0 amide bonds. The van der Waals surface area contributed by atoms with E-state index >= 15 is 0 Å². The molecule has 24 heavy (non-hydrogen) atoms. The molecule has 7 heteroatoms. The summed E-state index contributed by atoms with van der Waals surface area (Å²) in [5.41, 5.74) is 0.837. The molecule has 1 rings (SSSR count). The molecule has 6 nitrogen and oxygen atoms in total. The first-order chi connectivity index (χ1) is 11.8. The molecule has 0 radical (unpaired) electrons. The van der Waals surface area contributed by atoms with E-state index in [9.17, 15) is 4.39 Å². The summed E-state index contributed by atoms with van der Waals surface area (Å²) in [4.78, 5) is 0. The average molecular weight is 344 g/mol. The van der Waals surface area contributed by atoms with Crippen molar-refractivity contribution < 1.29 is 18.6 Å². The molecule has 0 aliphatic rings. The van der Waals surface area contributed by atoms with Crippen LogP contribution in [0.1, 0.15) is 45.2 Å². The third kappa shape index (κ3) is 9.95. The lowest BCUT2D eigenvalue weighted by molar-refractivity contribution is 0.00811. The minimum absolute atomic E-state index is 0.132. The van der Waals surface area contributed by atoms with Crippen LogP contribution in [-0.2, 0) is 27.4 Å². The summed E-state index contributed by atoms with van der Waals surface area (Å²) in [6, 6.07) is 0. The largest absolute Gasteiger partial charge is 0.377 e. The lowest BCUT2D eigenvalue weighted by Crippen LogP contribution is -2.10. The molecule has 140 valence electrons. The Kier molecular flexibility index (Phi) is 12.5. The molecule has 0 N–H and O–H groups in total. The van der Waals surface area contributed by atoms with Crippen molar-refractivity contribution in [1.29, 1.82) is 0 Å². The van der Waals surface area contributed by atoms with Gasteiger partial charge in [0.25, 0.3) is 0 Å². The van der Waals surface area contributed by atoms with Crippen LogP contribution in [0, 0.1) is 5.92 Å². The molecule has 1 heterocycles. The zero-order valence-electron chi connectivity index (χ0n) is 15.1. The van der Waals surface area contributed by atoms with Gasteiger partial charge in [-0.15, -0.1) is 5.10 Å². The third-order valence-electron chi connectivity index (χ3n) is 3.96. The monoisotopic (exact) mass is 344 g/mol. The van der Waals surface area contributed by atoms with Crippen molar-refractivity contribution in [1.82, 2.24) is 15.0 Å². The molecular weight excluding hydrogens is 312 g/mol. The molecule has 0 bridgehead atoms. The van der Waals surface area contributed by atoms with Crippen LogP contribution in [0.4, 0.5) is 4.39 Å². The maximum Gasteiger partial charge on any atom is 0.113 e. The fourth-order valence-electron chi connectivity index (χ4n) is 2.42. The van der Waals surface area contributed by atoms with E-state index in [0.29, 0.717) is 33.0 Å². The fourth-order valence-corrected chi connectivity index (χ4v) is 2.42. The van der Waals surface area contributed by atoms with Crippen LogP contribution in [0.5, 0.6) is 0 Å². The van der Waals surface area contributed by atoms with Crippen molar-refractivity contribution >= 4 is 0 Å². The van der Waals surface area contributed by atoms with Gasteiger partial charge in [-0.25, -0.2) is 4.39 Å². The Labute approximate surface area is 144 Å². The number of aromatic nitrogens is 3. The highest BCUT2D eigenvalue weighted by Gasteiger charge is 2.05. The van der Waals surface area contributed by atoms with Crippen LogP contribution in [0.15, 0.2) is 6.20 Å². The Balaban J connectivity index is 2.01. The summed E-state index contributed by atoms with van der Waals surface area (Å²) in [7, 11) is 0. The van der Waals surface area contributed by atoms with Crippen LogP contribution >= 0.6 is 0 Å². The van der Waals surface area contributed by atoms with Gasteiger partial charge in [0.05, 0.1) is 45.8 Å². The van der Waals surface area contributed by atoms with E-state index in [-0.39, 0.29) is 6.61 Å². The first kappa shape index (κ1) is 21.0. The molecule has 0 aliphatic carbocycles. The summed E-state index contributed by atoms with van der Waals surface area (Å²) in [6.45, 7) is 7.37. The Hall–Kier alpha value is -1.05. The molecular formula is C17H32FN3O3. The lowest BCUT2D eigenvalue weighted by atomic mass is 9.98. The van der Waals surface area contributed by atoms with Crippen LogP contribution in [-0.4, -0.2) is 54.7 Å². The van der Waals surface area contributed by atoms with Crippen LogP contribution < -0.4 is 0 Å². The zero-order valence-corrected chi connectivity index (χ0v) is 15.1. The maximum absolute atomic E-state index is 11.8. The van der Waals surface area contributed by atoms with Gasteiger partial charge in [0, 0.05) is 6.54 Å². The van der Waals surface area contributed by atoms with E-state index in [2.05, 4.69) is 24.2 Å². The number of hydrogen-bond donors (Lipinski definition) is 0. The molecule has 0 fully saturated rings. The number of halogens is 1. The van der Waals surface area contributed by atoms with Crippen molar-refractivity contribution in [3.8, 4) is 0 Å². The van der Waals surface area contributed by atoms with Gasteiger partial charge in [-0.3, -0.25) is 4.68 Å². The van der Waals surface area contributed by atoms with Crippen LogP contribution in [0.3, 0.4) is 0 Å². The molecule has 0 saturated heterocycles. The van der Waals surface area contributed by atoms with Crippen molar-refractivity contribution in [3.63, 3.8) is 0 Å². The summed E-state index contributed by atoms with van der Waals surface area (Å²) in [5, 5.41) is 8.24. The topological polar surface area (TPSA) is 58.4 Å². The van der Waals surface area contributed by atoms with Gasteiger partial charge in [0.2, 0.25) is 0 Å². The van der Waals surface area contributed by atoms with Crippen molar-refractivity contribution in [3.05, 3.63) is 11.9 Å². The Morgan fingerprint density at radius 2 is 1.71 bits per heavy atom. The molecule has 0 aromatic carbocycles. The smallest absolute Gasteiger partial charge is 0.113 e. The van der Waals surface area contributed by atoms with E-state index in [0.717, 1.165) is 24.6 Å². The fraction of sp³-hybridized carbons (Fsp3) is 0.882. The van der Waals surface area contributed by atoms with Gasteiger partial charge in [0.15, 0.2) is 0 Å². The Bertz CT molecular complexity index is 400. The van der Waals surface area contributed by atoms with Crippen molar-refractivity contribution in [2.24, 2.45) is 5.92 Å². The number of aryl methyl sites for hydroxylation is 1. The number of ether oxygens (including phenoxy) is 3. The highest BCUT2D eigenvalue weighted by molar-refractivity contribution is 4.89. The lowest BCUT2D eigenvalue weighted by Gasteiger charge is -2.11. The number of hydrogen-bond acceptors (Lipinski definition) is 5. The predicted molar refractivity (Wildman–Crippen MR) is 90.6 cm³/mol. The minimum atomic E-state index is -0.457. The maximum atomic E-state index is 11.8. The van der Waals surface area contributed by atoms with Crippen LogP contribution in [0.2, 0.25) is 0 Å². The third-order valence-corrected chi connectivity index (χ3v) is 3.96. The number of alkyl halides is 1. The van der Waals surface area contributed by atoms with Crippen LogP contribution in [0.25, 0.3) is 0 Å². The molecule has 0 spiro atoms. The van der Waals surface area contributed by atoms with E-state index < -0.39 is 6.67 Å². The highest BCUT2D eigenvalue weighted by atomic mass is 18.2. The van der Waals surface area contributed by atoms with E-state index in [1.165, 1.54) is 19.3 Å². The SMILES string of the molecule is CCC(CC)CCCn1cc(COCCOCCOCC[18F])nn1. The first-order valence-electron chi connectivity index (χ1n) is 8.98. The second kappa shape index (κ2) is 14.3. The second-order valence-electron chi connectivity index (χ2n) is 5.76. The molecule has 0 atom stereocenters. The van der Waals surface area contributed by atoms with Crippen molar-refractivity contribution in [2.75, 3.05) is 39.7 Å². The molecule has 0 unspecified atom stereocenters. The molecule has 0 saturated carbocycles. The summed E-state index contributed by atoms with van der Waals surface area (Å²) >= 11 is 0. The first-order valence-corrected chi connectivity index (χ1v) is 8.98. The quantitative estimate of drug-likeness (QED) is 0.432. The Morgan fingerprint density at radius 1 is 1.04 bits per heavy atom. The van der Waals surface area contributed by atoms with Crippen molar-refractivity contribution in [2.45, 2.75) is 52.7 Å². The highest BCUT2D eigenvalue weighted by Crippen LogP contribution is 2.15. The summed E-state index contributed by atoms with van der Waals surface area (Å²) < 4.78 is 29.4. The number of rotatable bonds is 16. The standard InChI is InChI=1S/C17H32FN3O3/c1-3-16(4-2)6-5-8-21-14-17(19-20-21)15-24-13-12-23-11-10-22-9-7-18/h14,16H,3-13,15H2,1-2H3/i18-1. The second-order valence-corrected chi connectivity index (χ2v) is 5.76. The molecule has 0 aliphatic heterocycles. The van der Waals surface area contributed by atoms with E-state index in [1.807, 2.05) is 10.9 Å². The average Bonchev–Trinajstić information content (AvgIpc) is 3.05. The molecule has 1 aromatic rings. The van der Waals surface area contributed by atoms with Gasteiger partial charge in [-0.1, -0.05) is 31.9 Å².